The van der Waals surface area contributed by atoms with Gasteiger partial charge in [-0.3, -0.25) is 0 Å². The van der Waals surface area contributed by atoms with Gasteiger partial charge in [-0.1, -0.05) is 20.8 Å². The van der Waals surface area contributed by atoms with Crippen molar-refractivity contribution in [3.63, 3.8) is 0 Å². The lowest BCUT2D eigenvalue weighted by Gasteiger charge is -2.21. The van der Waals surface area contributed by atoms with Crippen LogP contribution in [0.5, 0.6) is 11.5 Å². The Morgan fingerprint density at radius 3 is 2.47 bits per heavy atom. The Labute approximate surface area is 213 Å². The van der Waals surface area contributed by atoms with Crippen molar-refractivity contribution in [3.8, 4) is 11.5 Å². The number of nitrogens with one attached hydrogen (secondary N) is 2. The Bertz CT molecular complexity index is 875. The van der Waals surface area contributed by atoms with Crippen molar-refractivity contribution in [1.29, 1.82) is 0 Å². The molecule has 2 N–H and O–H groups in total. The Kier molecular flexibility index (Phi) is 9.87. The molecular formula is C23H36IN5O2S. The summed E-state index contributed by atoms with van der Waals surface area (Å²) in [5, 5.41) is 10.1. The van der Waals surface area contributed by atoms with Crippen molar-refractivity contribution in [2.75, 3.05) is 38.8 Å². The minimum Gasteiger partial charge on any atom is -0.497 e. The molecule has 3 rings (SSSR count). The third kappa shape index (κ3) is 7.13. The van der Waals surface area contributed by atoms with E-state index < -0.39 is 0 Å². The molecule has 0 aliphatic carbocycles. The highest BCUT2D eigenvalue weighted by Crippen LogP contribution is 2.30. The largest absolute Gasteiger partial charge is 0.497 e. The van der Waals surface area contributed by atoms with Crippen LogP contribution in [-0.2, 0) is 12.0 Å². The van der Waals surface area contributed by atoms with Gasteiger partial charge in [0, 0.05) is 60.4 Å². The molecule has 9 heteroatoms. The normalized spacial score (nSPS) is 16.5. The van der Waals surface area contributed by atoms with Crippen molar-refractivity contribution in [2.45, 2.75) is 52.1 Å². The number of methoxy groups -OCH3 is 2. The van der Waals surface area contributed by atoms with E-state index in [1.54, 1.807) is 25.6 Å². The first-order valence-electron chi connectivity index (χ1n) is 10.8. The number of hydrogen-bond acceptors (Lipinski definition) is 6. The van der Waals surface area contributed by atoms with Crippen LogP contribution in [0.3, 0.4) is 0 Å². The fourth-order valence-corrected chi connectivity index (χ4v) is 4.42. The smallest absolute Gasteiger partial charge is 0.191 e. The lowest BCUT2D eigenvalue weighted by Crippen LogP contribution is -2.44. The molecule has 178 valence electrons. The SMILES string of the molecule is CCNC(=NCc1nc(C(C)(C)C)cs1)NC1CCN(c2cc(OC)cc(OC)c2)C1.I. The summed E-state index contributed by atoms with van der Waals surface area (Å²) in [4.78, 5) is 11.9. The van der Waals surface area contributed by atoms with Crippen molar-refractivity contribution < 1.29 is 9.47 Å². The van der Waals surface area contributed by atoms with Gasteiger partial charge in [0.05, 0.1) is 26.5 Å². The van der Waals surface area contributed by atoms with E-state index in [0.717, 1.165) is 59.9 Å². The van der Waals surface area contributed by atoms with E-state index in [-0.39, 0.29) is 29.4 Å². The fraction of sp³-hybridized carbons (Fsp3) is 0.565. The Morgan fingerprint density at radius 2 is 1.91 bits per heavy atom. The third-order valence-electron chi connectivity index (χ3n) is 5.27. The number of thiazole rings is 1. The van der Waals surface area contributed by atoms with E-state index in [0.29, 0.717) is 12.6 Å². The molecule has 0 amide bonds. The molecule has 0 bridgehead atoms. The van der Waals surface area contributed by atoms with Gasteiger partial charge in [-0.2, -0.15) is 0 Å². The van der Waals surface area contributed by atoms with E-state index in [4.69, 9.17) is 19.5 Å². The van der Waals surface area contributed by atoms with Gasteiger partial charge in [0.1, 0.15) is 16.5 Å². The zero-order valence-electron chi connectivity index (χ0n) is 19.9. The second-order valence-electron chi connectivity index (χ2n) is 8.72. The maximum Gasteiger partial charge on any atom is 0.191 e. The zero-order valence-corrected chi connectivity index (χ0v) is 23.0. The Morgan fingerprint density at radius 1 is 1.22 bits per heavy atom. The third-order valence-corrected chi connectivity index (χ3v) is 6.10. The van der Waals surface area contributed by atoms with Crippen LogP contribution in [0.15, 0.2) is 28.6 Å². The summed E-state index contributed by atoms with van der Waals surface area (Å²) >= 11 is 1.68. The van der Waals surface area contributed by atoms with Crippen LogP contribution >= 0.6 is 35.3 Å². The van der Waals surface area contributed by atoms with Crippen LogP contribution in [0.2, 0.25) is 0 Å². The molecule has 1 atom stereocenters. The molecule has 2 aromatic rings. The van der Waals surface area contributed by atoms with E-state index in [1.807, 2.05) is 6.07 Å². The minimum absolute atomic E-state index is 0. The van der Waals surface area contributed by atoms with Crippen LogP contribution in [0.25, 0.3) is 0 Å². The van der Waals surface area contributed by atoms with Crippen LogP contribution in [0.1, 0.15) is 44.8 Å². The molecule has 1 aliphatic rings. The van der Waals surface area contributed by atoms with Gasteiger partial charge in [0.15, 0.2) is 5.96 Å². The first kappa shape index (κ1) is 26.5. The van der Waals surface area contributed by atoms with Gasteiger partial charge in [0.2, 0.25) is 0 Å². The van der Waals surface area contributed by atoms with Crippen LogP contribution < -0.4 is 25.0 Å². The second-order valence-corrected chi connectivity index (χ2v) is 9.66. The highest BCUT2D eigenvalue weighted by atomic mass is 127. The average Bonchev–Trinajstić information content (AvgIpc) is 3.41. The van der Waals surface area contributed by atoms with Gasteiger partial charge in [-0.15, -0.1) is 35.3 Å². The zero-order chi connectivity index (χ0) is 22.4. The number of halogens is 1. The summed E-state index contributed by atoms with van der Waals surface area (Å²) in [5.41, 5.74) is 2.30. The molecule has 0 radical (unpaired) electrons. The van der Waals surface area contributed by atoms with Gasteiger partial charge in [0.25, 0.3) is 0 Å². The first-order valence-corrected chi connectivity index (χ1v) is 11.7. The lowest BCUT2D eigenvalue weighted by molar-refractivity contribution is 0.394. The summed E-state index contributed by atoms with van der Waals surface area (Å²) in [5.74, 6) is 2.45. The number of nitrogens with zero attached hydrogens (tertiary/aromatic N) is 3. The predicted octanol–water partition coefficient (Wildman–Crippen LogP) is 4.41. The number of anilines is 1. The highest BCUT2D eigenvalue weighted by Gasteiger charge is 2.24. The molecule has 2 heterocycles. The number of ether oxygens (including phenoxy) is 2. The minimum atomic E-state index is 0. The highest BCUT2D eigenvalue weighted by molar-refractivity contribution is 14.0. The molecule has 1 unspecified atom stereocenters. The number of benzene rings is 1. The van der Waals surface area contributed by atoms with Crippen molar-refractivity contribution in [3.05, 3.63) is 34.3 Å². The summed E-state index contributed by atoms with van der Waals surface area (Å²) in [6.07, 6.45) is 1.04. The summed E-state index contributed by atoms with van der Waals surface area (Å²) in [7, 11) is 3.36. The number of aromatic nitrogens is 1. The molecule has 1 aromatic heterocycles. The molecule has 0 saturated carbocycles. The predicted molar refractivity (Wildman–Crippen MR) is 144 cm³/mol. The van der Waals surface area contributed by atoms with Gasteiger partial charge < -0.3 is 25.0 Å². The summed E-state index contributed by atoms with van der Waals surface area (Å²) in [6, 6.07) is 6.32. The molecule has 7 nitrogen and oxygen atoms in total. The number of aliphatic imine (C=N–C) groups is 1. The maximum atomic E-state index is 5.42. The molecule has 32 heavy (non-hydrogen) atoms. The lowest BCUT2D eigenvalue weighted by atomic mass is 9.93. The molecular weight excluding hydrogens is 537 g/mol. The van der Waals surface area contributed by atoms with E-state index >= 15 is 0 Å². The van der Waals surface area contributed by atoms with E-state index in [9.17, 15) is 0 Å². The summed E-state index contributed by atoms with van der Waals surface area (Å²) in [6.45, 7) is 11.9. The van der Waals surface area contributed by atoms with Crippen molar-refractivity contribution in [2.24, 2.45) is 4.99 Å². The van der Waals surface area contributed by atoms with Crippen LogP contribution in [0.4, 0.5) is 5.69 Å². The van der Waals surface area contributed by atoms with Gasteiger partial charge in [-0.05, 0) is 13.3 Å². The molecule has 1 aliphatic heterocycles. The first-order chi connectivity index (χ1) is 14.8. The van der Waals surface area contributed by atoms with E-state index in [2.05, 4.69) is 60.7 Å². The number of rotatable bonds is 7. The fourth-order valence-electron chi connectivity index (χ4n) is 3.48. The quantitative estimate of drug-likeness (QED) is 0.291. The van der Waals surface area contributed by atoms with Gasteiger partial charge >= 0.3 is 0 Å². The topological polar surface area (TPSA) is 71.0 Å². The van der Waals surface area contributed by atoms with Crippen molar-refractivity contribution in [1.82, 2.24) is 15.6 Å². The Hall–Kier alpha value is -1.75. The molecule has 1 aromatic carbocycles. The second kappa shape index (κ2) is 11.9. The number of hydrogen-bond donors (Lipinski definition) is 2. The molecule has 1 fully saturated rings. The van der Waals surface area contributed by atoms with Crippen molar-refractivity contribution >= 4 is 47.0 Å². The monoisotopic (exact) mass is 573 g/mol. The Balaban J connectivity index is 0.00000363. The van der Waals surface area contributed by atoms with Gasteiger partial charge in [-0.25, -0.2) is 9.98 Å². The average molecular weight is 574 g/mol. The number of guanidine groups is 1. The van der Waals surface area contributed by atoms with Crippen LogP contribution in [0, 0.1) is 0 Å². The summed E-state index contributed by atoms with van der Waals surface area (Å²) < 4.78 is 10.8. The standard InChI is InChI=1S/C23H35N5O2S.HI/c1-7-24-22(25-13-21-27-20(15-31-21)23(2,3)4)26-16-8-9-28(14-16)17-10-18(29-5)12-19(11-17)30-6;/h10-12,15-16H,7-9,13-14H2,1-6H3,(H2,24,25,26);1H. The molecule has 0 spiro atoms. The van der Waals surface area contributed by atoms with Crippen LogP contribution in [-0.4, -0.2) is 50.8 Å². The maximum absolute atomic E-state index is 5.42. The molecule has 1 saturated heterocycles. The van der Waals surface area contributed by atoms with E-state index in [1.165, 1.54) is 0 Å².